The second-order valence-electron chi connectivity index (χ2n) is 4.72. The first kappa shape index (κ1) is 12.3. The summed E-state index contributed by atoms with van der Waals surface area (Å²) >= 11 is 0. The van der Waals surface area contributed by atoms with E-state index in [-0.39, 0.29) is 0 Å². The topological polar surface area (TPSA) is 50.4 Å². The lowest BCUT2D eigenvalue weighted by molar-refractivity contribution is 0.412. The predicted molar refractivity (Wildman–Crippen MR) is 66.0 cm³/mol. The highest BCUT2D eigenvalue weighted by Crippen LogP contribution is 2.16. The van der Waals surface area contributed by atoms with Crippen molar-refractivity contribution in [3.05, 3.63) is 0 Å². The van der Waals surface area contributed by atoms with Crippen molar-refractivity contribution in [3.63, 3.8) is 0 Å². The SMILES string of the molecule is CCC(C)CN=C(N)NC1CCCCC1. The molecule has 0 aliphatic heterocycles. The molecular formula is C12H25N3. The third-order valence-corrected chi connectivity index (χ3v) is 3.23. The lowest BCUT2D eigenvalue weighted by Crippen LogP contribution is -2.41. The predicted octanol–water partition coefficient (Wildman–Crippen LogP) is 2.27. The number of hydrogen-bond donors (Lipinski definition) is 2. The first-order valence-electron chi connectivity index (χ1n) is 6.28. The van der Waals surface area contributed by atoms with Crippen LogP contribution in [-0.2, 0) is 0 Å². The summed E-state index contributed by atoms with van der Waals surface area (Å²) in [4.78, 5) is 4.37. The van der Waals surface area contributed by atoms with Crippen molar-refractivity contribution in [2.24, 2.45) is 16.6 Å². The zero-order valence-corrected chi connectivity index (χ0v) is 10.1. The van der Waals surface area contributed by atoms with E-state index in [0.29, 0.717) is 17.9 Å². The van der Waals surface area contributed by atoms with Gasteiger partial charge in [0.15, 0.2) is 5.96 Å². The van der Waals surface area contributed by atoms with Gasteiger partial charge in [0.1, 0.15) is 0 Å². The van der Waals surface area contributed by atoms with Crippen LogP contribution >= 0.6 is 0 Å². The Kier molecular flexibility index (Phi) is 5.51. The molecule has 3 heteroatoms. The molecule has 1 aliphatic carbocycles. The molecular weight excluding hydrogens is 186 g/mol. The fraction of sp³-hybridized carbons (Fsp3) is 0.917. The second kappa shape index (κ2) is 6.70. The minimum atomic E-state index is 0.569. The quantitative estimate of drug-likeness (QED) is 0.553. The smallest absolute Gasteiger partial charge is 0.188 e. The van der Waals surface area contributed by atoms with E-state index in [0.717, 1.165) is 6.54 Å². The summed E-state index contributed by atoms with van der Waals surface area (Å²) < 4.78 is 0. The number of nitrogens with zero attached hydrogens (tertiary/aromatic N) is 1. The van der Waals surface area contributed by atoms with Gasteiger partial charge in [-0.3, -0.25) is 4.99 Å². The average molecular weight is 211 g/mol. The Labute approximate surface area is 93.5 Å². The van der Waals surface area contributed by atoms with E-state index in [9.17, 15) is 0 Å². The molecule has 0 aromatic carbocycles. The van der Waals surface area contributed by atoms with Crippen molar-refractivity contribution >= 4 is 5.96 Å². The van der Waals surface area contributed by atoms with E-state index in [2.05, 4.69) is 24.2 Å². The molecule has 0 bridgehead atoms. The number of nitrogens with one attached hydrogen (secondary N) is 1. The van der Waals surface area contributed by atoms with Gasteiger partial charge in [-0.25, -0.2) is 0 Å². The first-order chi connectivity index (χ1) is 7.22. The van der Waals surface area contributed by atoms with Crippen LogP contribution in [0.15, 0.2) is 4.99 Å². The normalized spacial score (nSPS) is 21.3. The maximum atomic E-state index is 5.85. The van der Waals surface area contributed by atoms with Crippen LogP contribution in [0, 0.1) is 5.92 Å². The van der Waals surface area contributed by atoms with Crippen LogP contribution in [0.5, 0.6) is 0 Å². The van der Waals surface area contributed by atoms with E-state index in [4.69, 9.17) is 5.73 Å². The molecule has 1 saturated carbocycles. The monoisotopic (exact) mass is 211 g/mol. The summed E-state index contributed by atoms with van der Waals surface area (Å²) in [5, 5.41) is 3.33. The van der Waals surface area contributed by atoms with Crippen LogP contribution < -0.4 is 11.1 Å². The molecule has 1 fully saturated rings. The molecule has 3 nitrogen and oxygen atoms in total. The molecule has 3 N–H and O–H groups in total. The minimum Gasteiger partial charge on any atom is -0.370 e. The van der Waals surface area contributed by atoms with Crippen molar-refractivity contribution in [3.8, 4) is 0 Å². The Morgan fingerprint density at radius 3 is 2.67 bits per heavy atom. The average Bonchev–Trinajstić information content (AvgIpc) is 2.27. The fourth-order valence-corrected chi connectivity index (χ4v) is 1.88. The van der Waals surface area contributed by atoms with Crippen molar-refractivity contribution in [1.82, 2.24) is 5.32 Å². The van der Waals surface area contributed by atoms with Gasteiger partial charge in [-0.15, -0.1) is 0 Å². The zero-order valence-electron chi connectivity index (χ0n) is 10.1. The summed E-state index contributed by atoms with van der Waals surface area (Å²) in [6.07, 6.45) is 7.70. The van der Waals surface area contributed by atoms with Crippen molar-refractivity contribution in [2.75, 3.05) is 6.54 Å². The highest BCUT2D eigenvalue weighted by atomic mass is 15.1. The summed E-state index contributed by atoms with van der Waals surface area (Å²) in [5.74, 6) is 1.28. The molecule has 0 radical (unpaired) electrons. The number of nitrogens with two attached hydrogens (primary N) is 1. The Balaban J connectivity index is 2.23. The van der Waals surface area contributed by atoms with Crippen LogP contribution in [-0.4, -0.2) is 18.5 Å². The molecule has 15 heavy (non-hydrogen) atoms. The third kappa shape index (κ3) is 5.05. The number of hydrogen-bond acceptors (Lipinski definition) is 1. The maximum Gasteiger partial charge on any atom is 0.188 e. The molecule has 1 unspecified atom stereocenters. The van der Waals surface area contributed by atoms with Crippen LogP contribution in [0.3, 0.4) is 0 Å². The van der Waals surface area contributed by atoms with Gasteiger partial charge in [0.2, 0.25) is 0 Å². The van der Waals surface area contributed by atoms with Gasteiger partial charge >= 0.3 is 0 Å². The Morgan fingerprint density at radius 1 is 1.40 bits per heavy atom. The first-order valence-corrected chi connectivity index (χ1v) is 6.28. The lowest BCUT2D eigenvalue weighted by Gasteiger charge is -2.23. The van der Waals surface area contributed by atoms with Crippen LogP contribution in [0.25, 0.3) is 0 Å². The molecule has 1 rings (SSSR count). The van der Waals surface area contributed by atoms with Crippen molar-refractivity contribution < 1.29 is 0 Å². The third-order valence-electron chi connectivity index (χ3n) is 3.23. The maximum absolute atomic E-state index is 5.85. The van der Waals surface area contributed by atoms with E-state index < -0.39 is 0 Å². The van der Waals surface area contributed by atoms with Crippen LogP contribution in [0.2, 0.25) is 0 Å². The van der Waals surface area contributed by atoms with Gasteiger partial charge < -0.3 is 11.1 Å². The lowest BCUT2D eigenvalue weighted by atomic mass is 9.96. The Morgan fingerprint density at radius 2 is 2.07 bits per heavy atom. The molecule has 0 aromatic heterocycles. The van der Waals surface area contributed by atoms with Gasteiger partial charge in [-0.05, 0) is 18.8 Å². The second-order valence-corrected chi connectivity index (χ2v) is 4.72. The molecule has 88 valence electrons. The van der Waals surface area contributed by atoms with Gasteiger partial charge in [-0.1, -0.05) is 39.5 Å². The molecule has 0 spiro atoms. The van der Waals surface area contributed by atoms with E-state index in [1.54, 1.807) is 0 Å². The highest BCUT2D eigenvalue weighted by Gasteiger charge is 2.13. The molecule has 1 atom stereocenters. The summed E-state index contributed by atoms with van der Waals surface area (Å²) in [6, 6.07) is 0.569. The van der Waals surface area contributed by atoms with Crippen LogP contribution in [0.4, 0.5) is 0 Å². The van der Waals surface area contributed by atoms with E-state index in [1.165, 1.54) is 38.5 Å². The van der Waals surface area contributed by atoms with Crippen LogP contribution in [0.1, 0.15) is 52.4 Å². The highest BCUT2D eigenvalue weighted by molar-refractivity contribution is 5.78. The van der Waals surface area contributed by atoms with Gasteiger partial charge in [0.05, 0.1) is 0 Å². The number of aliphatic imine (C=N–C) groups is 1. The largest absolute Gasteiger partial charge is 0.370 e. The van der Waals surface area contributed by atoms with Gasteiger partial charge in [-0.2, -0.15) is 0 Å². The molecule has 0 heterocycles. The Bertz CT molecular complexity index is 195. The summed E-state index contributed by atoms with van der Waals surface area (Å²) in [7, 11) is 0. The Hall–Kier alpha value is -0.730. The van der Waals surface area contributed by atoms with E-state index >= 15 is 0 Å². The van der Waals surface area contributed by atoms with Gasteiger partial charge in [0, 0.05) is 12.6 Å². The zero-order chi connectivity index (χ0) is 11.1. The standard InChI is InChI=1S/C12H25N3/c1-3-10(2)9-14-12(13)15-11-7-5-4-6-8-11/h10-11H,3-9H2,1-2H3,(H3,13,14,15). The molecule has 1 aliphatic rings. The fourth-order valence-electron chi connectivity index (χ4n) is 1.88. The number of guanidine groups is 1. The van der Waals surface area contributed by atoms with Crippen molar-refractivity contribution in [2.45, 2.75) is 58.4 Å². The molecule has 0 aromatic rings. The summed E-state index contributed by atoms with van der Waals surface area (Å²) in [6.45, 7) is 5.24. The number of rotatable bonds is 4. The van der Waals surface area contributed by atoms with E-state index in [1.807, 2.05) is 0 Å². The van der Waals surface area contributed by atoms with Gasteiger partial charge in [0.25, 0.3) is 0 Å². The molecule has 0 amide bonds. The summed E-state index contributed by atoms with van der Waals surface area (Å²) in [5.41, 5.74) is 5.85. The molecule has 0 saturated heterocycles. The minimum absolute atomic E-state index is 0.569. The van der Waals surface area contributed by atoms with Crippen molar-refractivity contribution in [1.29, 1.82) is 0 Å².